The van der Waals surface area contributed by atoms with Crippen molar-refractivity contribution < 1.29 is 9.53 Å². The van der Waals surface area contributed by atoms with Gasteiger partial charge in [0.15, 0.2) is 0 Å². The predicted octanol–water partition coefficient (Wildman–Crippen LogP) is 6.02. The molecule has 0 atom stereocenters. The van der Waals surface area contributed by atoms with Gasteiger partial charge in [0.25, 0.3) is 5.91 Å². The number of hydrogen-bond donors (Lipinski definition) is 0. The minimum atomic E-state index is -0.0467. The van der Waals surface area contributed by atoms with E-state index in [1.165, 1.54) is 11.8 Å². The van der Waals surface area contributed by atoms with Crippen LogP contribution in [0.25, 0.3) is 23.0 Å². The lowest BCUT2D eigenvalue weighted by atomic mass is 10.0. The van der Waals surface area contributed by atoms with Crippen LogP contribution in [0.4, 0.5) is 0 Å². The van der Waals surface area contributed by atoms with E-state index in [-0.39, 0.29) is 5.91 Å². The average Bonchev–Trinajstić information content (AvgIpc) is 3.36. The molecule has 0 aliphatic carbocycles. The normalized spacial score (nSPS) is 14.8. The third-order valence-electron chi connectivity index (χ3n) is 5.18. The van der Waals surface area contributed by atoms with Crippen molar-refractivity contribution in [3.8, 4) is 22.7 Å². The zero-order valence-electron chi connectivity index (χ0n) is 18.7. The largest absolute Gasteiger partial charge is 0.489 e. The molecule has 1 aliphatic rings. The minimum absolute atomic E-state index is 0.0467. The summed E-state index contributed by atoms with van der Waals surface area (Å²) in [6, 6.07) is 15.9. The van der Waals surface area contributed by atoms with E-state index in [2.05, 4.69) is 12.6 Å². The third-order valence-corrected chi connectivity index (χ3v) is 6.55. The van der Waals surface area contributed by atoms with Gasteiger partial charge in [0, 0.05) is 23.9 Å². The van der Waals surface area contributed by atoms with Crippen molar-refractivity contribution in [2.24, 2.45) is 0 Å². The summed E-state index contributed by atoms with van der Waals surface area (Å²) >= 11 is 6.78. The van der Waals surface area contributed by atoms with E-state index in [1.807, 2.05) is 73.3 Å². The first-order valence-corrected chi connectivity index (χ1v) is 12.0. The molecule has 33 heavy (non-hydrogen) atoms. The zero-order valence-corrected chi connectivity index (χ0v) is 20.3. The van der Waals surface area contributed by atoms with E-state index in [0.29, 0.717) is 22.4 Å². The fourth-order valence-corrected chi connectivity index (χ4v) is 4.89. The standard InChI is InChI=1S/C26H25N3O2S2/c1-4-13-28-25(30)23(33-26(28)32)16-20-17-29(21-9-7-6-8-10-21)27-24(20)19-11-12-22(18(3)15-19)31-14-5-2/h5-12,15-17H,2,4,13-14H2,1,3H3/b23-16-. The van der Waals surface area contributed by atoms with Crippen LogP contribution in [-0.2, 0) is 4.79 Å². The highest BCUT2D eigenvalue weighted by Crippen LogP contribution is 2.35. The number of carbonyl (C=O) groups excluding carboxylic acids is 1. The topological polar surface area (TPSA) is 47.4 Å². The fourth-order valence-electron chi connectivity index (χ4n) is 3.60. The van der Waals surface area contributed by atoms with Crippen LogP contribution in [0.3, 0.4) is 0 Å². The lowest BCUT2D eigenvalue weighted by Gasteiger charge is -2.11. The first-order chi connectivity index (χ1) is 16.0. The second-order valence-corrected chi connectivity index (χ2v) is 9.30. The Labute approximate surface area is 203 Å². The molecule has 0 unspecified atom stereocenters. The second kappa shape index (κ2) is 10.2. The number of aryl methyl sites for hydroxylation is 1. The van der Waals surface area contributed by atoms with Gasteiger partial charge in [-0.3, -0.25) is 9.69 Å². The highest BCUT2D eigenvalue weighted by atomic mass is 32.2. The summed E-state index contributed by atoms with van der Waals surface area (Å²) in [6.07, 6.45) is 6.43. The number of rotatable bonds is 8. The molecule has 0 saturated carbocycles. The van der Waals surface area contributed by atoms with Gasteiger partial charge in [-0.2, -0.15) is 5.10 Å². The molecule has 1 saturated heterocycles. The van der Waals surface area contributed by atoms with E-state index in [1.54, 1.807) is 11.0 Å². The number of amides is 1. The number of aromatic nitrogens is 2. The molecular weight excluding hydrogens is 450 g/mol. The van der Waals surface area contributed by atoms with Crippen molar-refractivity contribution in [1.29, 1.82) is 0 Å². The molecule has 1 aliphatic heterocycles. The quantitative estimate of drug-likeness (QED) is 0.226. The minimum Gasteiger partial charge on any atom is -0.489 e. The lowest BCUT2D eigenvalue weighted by Crippen LogP contribution is -2.28. The van der Waals surface area contributed by atoms with Gasteiger partial charge in [-0.05, 0) is 55.3 Å². The molecule has 2 heterocycles. The van der Waals surface area contributed by atoms with Gasteiger partial charge in [-0.1, -0.05) is 61.8 Å². The average molecular weight is 476 g/mol. The van der Waals surface area contributed by atoms with E-state index in [0.717, 1.165) is 40.2 Å². The van der Waals surface area contributed by atoms with Crippen molar-refractivity contribution in [3.63, 3.8) is 0 Å². The fraction of sp³-hybridized carbons (Fsp3) is 0.192. The van der Waals surface area contributed by atoms with Gasteiger partial charge in [0.1, 0.15) is 22.4 Å². The molecule has 2 aromatic carbocycles. The van der Waals surface area contributed by atoms with Crippen molar-refractivity contribution in [3.05, 3.63) is 83.4 Å². The van der Waals surface area contributed by atoms with Gasteiger partial charge >= 0.3 is 0 Å². The van der Waals surface area contributed by atoms with Crippen LogP contribution in [0, 0.1) is 6.92 Å². The van der Waals surface area contributed by atoms with Crippen molar-refractivity contribution in [1.82, 2.24) is 14.7 Å². The summed E-state index contributed by atoms with van der Waals surface area (Å²) in [5.41, 5.74) is 4.54. The maximum atomic E-state index is 12.9. The Bertz CT molecular complexity index is 1230. The molecule has 0 N–H and O–H groups in total. The smallest absolute Gasteiger partial charge is 0.266 e. The molecule has 3 aromatic rings. The number of nitrogens with zero attached hydrogens (tertiary/aromatic N) is 3. The van der Waals surface area contributed by atoms with Gasteiger partial charge < -0.3 is 4.74 Å². The van der Waals surface area contributed by atoms with Crippen LogP contribution in [0.1, 0.15) is 24.5 Å². The van der Waals surface area contributed by atoms with Gasteiger partial charge in [0.05, 0.1) is 10.6 Å². The molecule has 4 rings (SSSR count). The SMILES string of the molecule is C=CCOc1ccc(-c2nn(-c3ccccc3)cc2/C=C2\SC(=S)N(CCC)C2=O)cc1C. The third kappa shape index (κ3) is 4.94. The summed E-state index contributed by atoms with van der Waals surface area (Å²) in [4.78, 5) is 15.2. The number of hydrogen-bond acceptors (Lipinski definition) is 5. The van der Waals surface area contributed by atoms with Crippen LogP contribution < -0.4 is 4.74 Å². The summed E-state index contributed by atoms with van der Waals surface area (Å²) in [6.45, 7) is 8.83. The molecule has 7 heteroatoms. The highest BCUT2D eigenvalue weighted by Gasteiger charge is 2.31. The first-order valence-electron chi connectivity index (χ1n) is 10.8. The van der Waals surface area contributed by atoms with Crippen LogP contribution in [0.15, 0.2) is 72.3 Å². The number of ether oxygens (including phenoxy) is 1. The van der Waals surface area contributed by atoms with Crippen LogP contribution >= 0.6 is 24.0 Å². The van der Waals surface area contributed by atoms with Crippen molar-refractivity contribution in [2.45, 2.75) is 20.3 Å². The summed E-state index contributed by atoms with van der Waals surface area (Å²) in [7, 11) is 0. The Morgan fingerprint density at radius 1 is 1.21 bits per heavy atom. The van der Waals surface area contributed by atoms with E-state index >= 15 is 0 Å². The van der Waals surface area contributed by atoms with Crippen molar-refractivity contribution >= 4 is 40.3 Å². The van der Waals surface area contributed by atoms with Gasteiger partial charge in [-0.25, -0.2) is 4.68 Å². The molecule has 1 amide bonds. The Morgan fingerprint density at radius 2 is 2.00 bits per heavy atom. The van der Waals surface area contributed by atoms with Gasteiger partial charge in [-0.15, -0.1) is 0 Å². The Hall–Kier alpha value is -3.16. The number of thioether (sulfide) groups is 1. The molecule has 1 aromatic heterocycles. The monoisotopic (exact) mass is 475 g/mol. The second-order valence-electron chi connectivity index (χ2n) is 7.63. The van der Waals surface area contributed by atoms with E-state index in [4.69, 9.17) is 22.1 Å². The Morgan fingerprint density at radius 3 is 2.70 bits per heavy atom. The molecule has 1 fully saturated rings. The van der Waals surface area contributed by atoms with Crippen LogP contribution in [-0.4, -0.2) is 38.1 Å². The molecule has 0 bridgehead atoms. The number of thiocarbonyl (C=S) groups is 1. The summed E-state index contributed by atoms with van der Waals surface area (Å²) in [5, 5.41) is 4.87. The predicted molar refractivity (Wildman–Crippen MR) is 140 cm³/mol. The highest BCUT2D eigenvalue weighted by molar-refractivity contribution is 8.26. The van der Waals surface area contributed by atoms with Gasteiger partial charge in [0.2, 0.25) is 0 Å². The number of para-hydroxylation sites is 1. The molecule has 0 radical (unpaired) electrons. The van der Waals surface area contributed by atoms with E-state index < -0.39 is 0 Å². The van der Waals surface area contributed by atoms with E-state index in [9.17, 15) is 4.79 Å². The Kier molecular flexibility index (Phi) is 7.11. The molecule has 5 nitrogen and oxygen atoms in total. The molecule has 168 valence electrons. The van der Waals surface area contributed by atoms with Crippen LogP contribution in [0.2, 0.25) is 0 Å². The summed E-state index contributed by atoms with van der Waals surface area (Å²) < 4.78 is 8.17. The maximum absolute atomic E-state index is 12.9. The first kappa shape index (κ1) is 23.0. The lowest BCUT2D eigenvalue weighted by molar-refractivity contribution is -0.122. The number of benzene rings is 2. The molecule has 0 spiro atoms. The zero-order chi connectivity index (χ0) is 23.4. The Balaban J connectivity index is 1.78. The number of carbonyl (C=O) groups is 1. The van der Waals surface area contributed by atoms with Crippen molar-refractivity contribution in [2.75, 3.05) is 13.2 Å². The van der Waals surface area contributed by atoms with Crippen LogP contribution in [0.5, 0.6) is 5.75 Å². The maximum Gasteiger partial charge on any atom is 0.266 e. The summed E-state index contributed by atoms with van der Waals surface area (Å²) in [5.74, 6) is 0.762. The molecular formula is C26H25N3O2S2.